The Balaban J connectivity index is 1.60. The number of carbonyl (C=O) groups is 2. The van der Waals surface area contributed by atoms with Gasteiger partial charge in [-0.2, -0.15) is 5.10 Å². The molecule has 0 radical (unpaired) electrons. The van der Waals surface area contributed by atoms with Crippen molar-refractivity contribution in [2.45, 2.75) is 12.5 Å². The largest absolute Gasteiger partial charge is 0.495 e. The van der Waals surface area contributed by atoms with E-state index >= 15 is 0 Å². The third kappa shape index (κ3) is 6.45. The summed E-state index contributed by atoms with van der Waals surface area (Å²) in [6.45, 7) is 0.235. The number of benzene rings is 3. The monoisotopic (exact) mass is 554 g/mol. The number of amides is 3. The number of methoxy groups -OCH3 is 2. The van der Waals surface area contributed by atoms with E-state index in [-0.39, 0.29) is 31.6 Å². The number of nitrogens with zero attached hydrogens (tertiary/aromatic N) is 3. The molecule has 1 atom stereocenters. The second kappa shape index (κ2) is 12.8. The molecule has 3 amide bonds. The highest BCUT2D eigenvalue weighted by Gasteiger charge is 2.35. The lowest BCUT2D eigenvalue weighted by atomic mass is 9.98. The number of carbonyl (C=O) groups excluding carboxylic acids is 2. The third-order valence-corrected chi connectivity index (χ3v) is 6.71. The van der Waals surface area contributed by atoms with Crippen molar-refractivity contribution in [1.29, 1.82) is 0 Å². The summed E-state index contributed by atoms with van der Waals surface area (Å²) in [6, 6.07) is 20.9. The number of anilines is 1. The number of hydrazone groups is 1. The van der Waals surface area contributed by atoms with E-state index in [1.54, 1.807) is 42.5 Å². The fourth-order valence-electron chi connectivity index (χ4n) is 4.17. The highest BCUT2D eigenvalue weighted by molar-refractivity contribution is 6.34. The number of urea groups is 1. The predicted molar refractivity (Wildman–Crippen MR) is 149 cm³/mol. The molecule has 0 bridgehead atoms. The molecule has 0 aliphatic carbocycles. The Labute approximate surface area is 231 Å². The van der Waals surface area contributed by atoms with Gasteiger partial charge in [-0.15, -0.1) is 0 Å². The zero-order chi connectivity index (χ0) is 27.1. The number of nitrogens with one attached hydrogen (secondary N) is 1. The van der Waals surface area contributed by atoms with Crippen LogP contribution >= 0.6 is 23.2 Å². The van der Waals surface area contributed by atoms with Crippen molar-refractivity contribution in [3.8, 4) is 5.75 Å². The summed E-state index contributed by atoms with van der Waals surface area (Å²) < 4.78 is 10.5. The van der Waals surface area contributed by atoms with Gasteiger partial charge in [0.1, 0.15) is 12.3 Å². The number of hydrogen-bond donors (Lipinski definition) is 1. The van der Waals surface area contributed by atoms with Crippen LogP contribution in [0.15, 0.2) is 77.9 Å². The first-order chi connectivity index (χ1) is 18.4. The normalized spacial score (nSPS) is 14.7. The average molecular weight is 555 g/mol. The lowest BCUT2D eigenvalue weighted by Gasteiger charge is -2.27. The SMILES string of the molecule is COCCN(CC(=O)N1N=C(c2ccccc2Cl)C[C@H]1c1ccc(Cl)cc1)C(=O)Nc1ccccc1OC. The molecule has 1 N–H and O–H groups in total. The number of rotatable bonds is 9. The van der Waals surface area contributed by atoms with Crippen LogP contribution in [0.2, 0.25) is 10.0 Å². The maximum atomic E-state index is 13.7. The Morgan fingerprint density at radius 1 is 1.03 bits per heavy atom. The lowest BCUT2D eigenvalue weighted by molar-refractivity contribution is -0.133. The van der Waals surface area contributed by atoms with Crippen LogP contribution in [0.3, 0.4) is 0 Å². The highest BCUT2D eigenvalue weighted by Crippen LogP contribution is 2.35. The van der Waals surface area contributed by atoms with E-state index in [2.05, 4.69) is 10.4 Å². The van der Waals surface area contributed by atoms with Crippen LogP contribution in [-0.4, -0.2) is 61.5 Å². The van der Waals surface area contributed by atoms with Gasteiger partial charge in [0.15, 0.2) is 0 Å². The summed E-state index contributed by atoms with van der Waals surface area (Å²) >= 11 is 12.5. The minimum Gasteiger partial charge on any atom is -0.495 e. The van der Waals surface area contributed by atoms with Crippen molar-refractivity contribution >= 4 is 46.5 Å². The molecule has 0 spiro atoms. The first kappa shape index (κ1) is 27.4. The molecular weight excluding hydrogens is 527 g/mol. The van der Waals surface area contributed by atoms with E-state index in [0.717, 1.165) is 11.1 Å². The van der Waals surface area contributed by atoms with Crippen molar-refractivity contribution in [3.05, 3.63) is 94.0 Å². The Bertz CT molecular complexity index is 1320. The predicted octanol–water partition coefficient (Wildman–Crippen LogP) is 5.86. The molecule has 3 aromatic rings. The van der Waals surface area contributed by atoms with Crippen LogP contribution < -0.4 is 10.1 Å². The summed E-state index contributed by atoms with van der Waals surface area (Å²) in [4.78, 5) is 28.3. The molecule has 10 heteroatoms. The van der Waals surface area contributed by atoms with Gasteiger partial charge in [0.25, 0.3) is 5.91 Å². The second-order valence-corrected chi connectivity index (χ2v) is 9.42. The van der Waals surface area contributed by atoms with Gasteiger partial charge in [-0.1, -0.05) is 65.7 Å². The van der Waals surface area contributed by atoms with Gasteiger partial charge in [0, 0.05) is 35.7 Å². The first-order valence-corrected chi connectivity index (χ1v) is 12.7. The van der Waals surface area contributed by atoms with Gasteiger partial charge in [-0.3, -0.25) is 4.79 Å². The fourth-order valence-corrected chi connectivity index (χ4v) is 4.55. The minimum atomic E-state index is -0.461. The molecule has 1 aliphatic heterocycles. The summed E-state index contributed by atoms with van der Waals surface area (Å²) in [5.74, 6) is 0.161. The smallest absolute Gasteiger partial charge is 0.322 e. The molecule has 4 rings (SSSR count). The average Bonchev–Trinajstić information content (AvgIpc) is 3.37. The van der Waals surface area contributed by atoms with Crippen LogP contribution in [0.25, 0.3) is 0 Å². The topological polar surface area (TPSA) is 83.5 Å². The molecule has 38 heavy (non-hydrogen) atoms. The van der Waals surface area contributed by atoms with Crippen LogP contribution in [0.1, 0.15) is 23.6 Å². The van der Waals surface area contributed by atoms with E-state index < -0.39 is 6.03 Å². The minimum absolute atomic E-state index is 0.198. The molecule has 198 valence electrons. The third-order valence-electron chi connectivity index (χ3n) is 6.13. The standard InChI is InChI=1S/C28H28Cl2N4O4/c1-37-16-15-33(28(36)31-23-9-5-6-10-26(23)38-2)18-27(35)34-25(19-11-13-20(29)14-12-19)17-24(32-34)21-7-3-4-8-22(21)30/h3-14,25H,15-18H2,1-2H3,(H,31,36)/t25-/m0/s1. The van der Waals surface area contributed by atoms with Gasteiger partial charge < -0.3 is 19.7 Å². The highest BCUT2D eigenvalue weighted by atomic mass is 35.5. The van der Waals surface area contributed by atoms with Gasteiger partial charge in [-0.25, -0.2) is 9.80 Å². The molecule has 8 nitrogen and oxygen atoms in total. The fraction of sp³-hybridized carbons (Fsp3) is 0.250. The molecule has 3 aromatic carbocycles. The molecule has 0 aromatic heterocycles. The maximum Gasteiger partial charge on any atom is 0.322 e. The van der Waals surface area contributed by atoms with Crippen molar-refractivity contribution < 1.29 is 19.1 Å². The molecular formula is C28H28Cl2N4O4. The zero-order valence-electron chi connectivity index (χ0n) is 21.1. The van der Waals surface area contributed by atoms with Crippen molar-refractivity contribution in [2.75, 3.05) is 39.2 Å². The number of para-hydroxylation sites is 2. The number of ether oxygens (including phenoxy) is 2. The lowest BCUT2D eigenvalue weighted by Crippen LogP contribution is -2.44. The maximum absolute atomic E-state index is 13.7. The number of hydrogen-bond acceptors (Lipinski definition) is 5. The second-order valence-electron chi connectivity index (χ2n) is 8.58. The van der Waals surface area contributed by atoms with Crippen molar-refractivity contribution in [2.24, 2.45) is 5.10 Å². The van der Waals surface area contributed by atoms with E-state index in [1.807, 2.05) is 30.3 Å². The number of halogens is 2. The molecule has 0 saturated carbocycles. The summed E-state index contributed by atoms with van der Waals surface area (Å²) in [7, 11) is 3.06. The van der Waals surface area contributed by atoms with Crippen molar-refractivity contribution in [1.82, 2.24) is 9.91 Å². The molecule has 0 fully saturated rings. The molecule has 0 saturated heterocycles. The zero-order valence-corrected chi connectivity index (χ0v) is 22.6. The van der Waals surface area contributed by atoms with E-state index in [9.17, 15) is 9.59 Å². The summed E-state index contributed by atoms with van der Waals surface area (Å²) in [6.07, 6.45) is 0.461. The van der Waals surface area contributed by atoms with Crippen LogP contribution in [0.4, 0.5) is 10.5 Å². The summed E-state index contributed by atoms with van der Waals surface area (Å²) in [5, 5.41) is 10.1. The van der Waals surface area contributed by atoms with E-state index in [1.165, 1.54) is 24.1 Å². The summed E-state index contributed by atoms with van der Waals surface area (Å²) in [5.41, 5.74) is 2.81. The van der Waals surface area contributed by atoms with Gasteiger partial charge in [-0.05, 0) is 35.9 Å². The Morgan fingerprint density at radius 3 is 2.45 bits per heavy atom. The van der Waals surface area contributed by atoms with E-state index in [4.69, 9.17) is 32.7 Å². The molecule has 0 unspecified atom stereocenters. The van der Waals surface area contributed by atoms with Gasteiger partial charge in [0.2, 0.25) is 0 Å². The van der Waals surface area contributed by atoms with Crippen molar-refractivity contribution in [3.63, 3.8) is 0 Å². The van der Waals surface area contributed by atoms with E-state index in [0.29, 0.717) is 33.6 Å². The first-order valence-electron chi connectivity index (χ1n) is 12.0. The quantitative estimate of drug-likeness (QED) is 0.359. The molecule has 1 aliphatic rings. The Morgan fingerprint density at radius 2 is 1.74 bits per heavy atom. The Hall–Kier alpha value is -3.59. The van der Waals surface area contributed by atoms with Gasteiger partial charge in [0.05, 0.1) is 31.2 Å². The van der Waals surface area contributed by atoms with Crippen LogP contribution in [-0.2, 0) is 9.53 Å². The Kier molecular flexibility index (Phi) is 9.23. The van der Waals surface area contributed by atoms with Crippen LogP contribution in [0, 0.1) is 0 Å². The van der Waals surface area contributed by atoms with Crippen LogP contribution in [0.5, 0.6) is 5.75 Å². The molecule has 1 heterocycles. The van der Waals surface area contributed by atoms with Gasteiger partial charge >= 0.3 is 6.03 Å².